The summed E-state index contributed by atoms with van der Waals surface area (Å²) in [5, 5.41) is 7.99. The maximum Gasteiger partial charge on any atom is 0.206 e. The molecule has 49 valence electrons. The molecule has 0 unspecified atom stereocenters. The molecule has 0 amide bonds. The zero-order valence-corrected chi connectivity index (χ0v) is 5.71. The SMILES string of the molecule is Clc1ccc2nn[c]n2c1. The van der Waals surface area contributed by atoms with Crippen LogP contribution in [0.15, 0.2) is 18.3 Å². The molecule has 0 N–H and O–H groups in total. The summed E-state index contributed by atoms with van der Waals surface area (Å²) in [5.74, 6) is 0. The van der Waals surface area contributed by atoms with Crippen LogP contribution in [0.25, 0.3) is 5.65 Å². The first kappa shape index (κ1) is 5.68. The van der Waals surface area contributed by atoms with Crippen LogP contribution in [0.5, 0.6) is 0 Å². The Bertz CT molecular complexity index is 355. The van der Waals surface area contributed by atoms with Crippen LogP contribution in [0, 0.1) is 6.33 Å². The van der Waals surface area contributed by atoms with E-state index in [0.29, 0.717) is 5.02 Å². The third-order valence-electron chi connectivity index (χ3n) is 1.20. The maximum atomic E-state index is 5.68. The van der Waals surface area contributed by atoms with E-state index >= 15 is 0 Å². The Morgan fingerprint density at radius 3 is 3.30 bits per heavy atom. The average molecular weight is 153 g/mol. The van der Waals surface area contributed by atoms with Crippen LogP contribution in [-0.4, -0.2) is 14.6 Å². The number of fused-ring (bicyclic) bond motifs is 1. The third kappa shape index (κ3) is 0.752. The van der Waals surface area contributed by atoms with Crippen LogP contribution in [0.3, 0.4) is 0 Å². The van der Waals surface area contributed by atoms with Gasteiger partial charge in [0.1, 0.15) is 0 Å². The van der Waals surface area contributed by atoms with Gasteiger partial charge in [0.05, 0.1) is 5.02 Å². The molecule has 0 aliphatic rings. The Morgan fingerprint density at radius 2 is 2.40 bits per heavy atom. The number of aromatic nitrogens is 3. The van der Waals surface area contributed by atoms with Crippen molar-refractivity contribution in [3.8, 4) is 0 Å². The van der Waals surface area contributed by atoms with Gasteiger partial charge in [0, 0.05) is 6.20 Å². The summed E-state index contributed by atoms with van der Waals surface area (Å²) in [5.41, 5.74) is 0.754. The molecular formula is C6H3ClN3. The van der Waals surface area contributed by atoms with Crippen molar-refractivity contribution in [2.45, 2.75) is 0 Å². The molecule has 2 heterocycles. The monoisotopic (exact) mass is 152 g/mol. The smallest absolute Gasteiger partial charge is 0.206 e. The number of pyridine rings is 1. The highest BCUT2D eigenvalue weighted by Gasteiger charge is 1.93. The molecule has 1 radical (unpaired) electrons. The standard InChI is InChI=1S/C6H3ClN3/c7-5-1-2-6-9-8-4-10(6)3-5/h1-3H. The summed E-state index contributed by atoms with van der Waals surface area (Å²) < 4.78 is 1.64. The van der Waals surface area contributed by atoms with Gasteiger partial charge in [-0.25, -0.2) is 0 Å². The molecule has 0 aromatic carbocycles. The zero-order chi connectivity index (χ0) is 6.97. The molecule has 0 atom stereocenters. The van der Waals surface area contributed by atoms with Crippen LogP contribution in [0.1, 0.15) is 0 Å². The van der Waals surface area contributed by atoms with E-state index in [1.807, 2.05) is 0 Å². The molecule has 4 heteroatoms. The predicted octanol–water partition coefficient (Wildman–Crippen LogP) is 1.18. The highest BCUT2D eigenvalue weighted by atomic mass is 35.5. The van der Waals surface area contributed by atoms with Gasteiger partial charge in [-0.15, -0.1) is 10.2 Å². The predicted molar refractivity (Wildman–Crippen MR) is 36.8 cm³/mol. The number of halogens is 1. The van der Waals surface area contributed by atoms with E-state index in [9.17, 15) is 0 Å². The van der Waals surface area contributed by atoms with Gasteiger partial charge in [-0.2, -0.15) is 0 Å². The minimum Gasteiger partial charge on any atom is -0.278 e. The van der Waals surface area contributed by atoms with E-state index in [4.69, 9.17) is 11.6 Å². The zero-order valence-electron chi connectivity index (χ0n) is 4.95. The van der Waals surface area contributed by atoms with Crippen molar-refractivity contribution in [3.63, 3.8) is 0 Å². The highest BCUT2D eigenvalue weighted by Crippen LogP contribution is 2.07. The largest absolute Gasteiger partial charge is 0.278 e. The molecule has 0 aliphatic heterocycles. The molecule has 10 heavy (non-hydrogen) atoms. The van der Waals surface area contributed by atoms with Crippen molar-refractivity contribution < 1.29 is 0 Å². The topological polar surface area (TPSA) is 30.2 Å². The quantitative estimate of drug-likeness (QED) is 0.568. The van der Waals surface area contributed by atoms with Crippen LogP contribution in [-0.2, 0) is 0 Å². The number of hydrogen-bond donors (Lipinski definition) is 0. The number of hydrogen-bond acceptors (Lipinski definition) is 2. The lowest BCUT2D eigenvalue weighted by molar-refractivity contribution is 1.09. The maximum absolute atomic E-state index is 5.68. The van der Waals surface area contributed by atoms with Gasteiger partial charge in [-0.1, -0.05) is 11.6 Å². The lowest BCUT2D eigenvalue weighted by Crippen LogP contribution is -1.80. The van der Waals surface area contributed by atoms with Gasteiger partial charge >= 0.3 is 0 Å². The van der Waals surface area contributed by atoms with Gasteiger partial charge in [0.2, 0.25) is 6.33 Å². The first-order valence-corrected chi connectivity index (χ1v) is 3.12. The van der Waals surface area contributed by atoms with Crippen LogP contribution in [0.4, 0.5) is 0 Å². The molecule has 0 bridgehead atoms. The molecule has 0 spiro atoms. The fourth-order valence-corrected chi connectivity index (χ4v) is 0.911. The molecule has 0 saturated heterocycles. The summed E-state index contributed by atoms with van der Waals surface area (Å²) in [6, 6.07) is 3.55. The van der Waals surface area contributed by atoms with Crippen molar-refractivity contribution in [1.29, 1.82) is 0 Å². The molecule has 2 aromatic rings. The molecule has 0 fully saturated rings. The Balaban J connectivity index is 2.86. The average Bonchev–Trinajstić information content (AvgIpc) is 2.33. The first-order valence-electron chi connectivity index (χ1n) is 2.74. The van der Waals surface area contributed by atoms with E-state index in [1.54, 1.807) is 22.7 Å². The fraction of sp³-hybridized carbons (Fsp3) is 0. The molecule has 3 nitrogen and oxygen atoms in total. The van der Waals surface area contributed by atoms with Crippen molar-refractivity contribution >= 4 is 17.2 Å². The summed E-state index contributed by atoms with van der Waals surface area (Å²) in [6.45, 7) is 0. The van der Waals surface area contributed by atoms with Crippen molar-refractivity contribution in [3.05, 3.63) is 29.7 Å². The van der Waals surface area contributed by atoms with Crippen LogP contribution >= 0.6 is 11.6 Å². The van der Waals surface area contributed by atoms with Gasteiger partial charge in [0.15, 0.2) is 5.65 Å². The molecular weight excluding hydrogens is 150 g/mol. The van der Waals surface area contributed by atoms with E-state index in [0.717, 1.165) is 5.65 Å². The lowest BCUT2D eigenvalue weighted by Gasteiger charge is -1.89. The van der Waals surface area contributed by atoms with Crippen molar-refractivity contribution in [2.75, 3.05) is 0 Å². The van der Waals surface area contributed by atoms with Crippen LogP contribution in [0.2, 0.25) is 5.02 Å². The van der Waals surface area contributed by atoms with Gasteiger partial charge < -0.3 is 0 Å². The second-order valence-corrected chi connectivity index (χ2v) is 2.31. The van der Waals surface area contributed by atoms with E-state index in [1.165, 1.54) is 0 Å². The van der Waals surface area contributed by atoms with Crippen molar-refractivity contribution in [2.24, 2.45) is 0 Å². The molecule has 2 rings (SSSR count). The van der Waals surface area contributed by atoms with E-state index in [2.05, 4.69) is 16.5 Å². The number of rotatable bonds is 0. The lowest BCUT2D eigenvalue weighted by atomic mass is 10.5. The molecule has 0 aliphatic carbocycles. The Labute approximate surface area is 62.3 Å². The molecule has 0 saturated carbocycles. The van der Waals surface area contributed by atoms with E-state index < -0.39 is 0 Å². The molecule has 2 aromatic heterocycles. The summed E-state index contributed by atoms with van der Waals surface area (Å²) in [4.78, 5) is 0. The highest BCUT2D eigenvalue weighted by molar-refractivity contribution is 6.30. The normalized spacial score (nSPS) is 10.5. The summed E-state index contributed by atoms with van der Waals surface area (Å²) >= 11 is 5.68. The Kier molecular flexibility index (Phi) is 1.11. The fourth-order valence-electron chi connectivity index (χ4n) is 0.750. The van der Waals surface area contributed by atoms with Gasteiger partial charge in [-0.3, -0.25) is 4.40 Å². The summed E-state index contributed by atoms with van der Waals surface area (Å²) in [6.07, 6.45) is 4.34. The van der Waals surface area contributed by atoms with E-state index in [-0.39, 0.29) is 0 Å². The van der Waals surface area contributed by atoms with Crippen molar-refractivity contribution in [1.82, 2.24) is 14.6 Å². The minimum atomic E-state index is 0.656. The number of nitrogens with zero attached hydrogens (tertiary/aromatic N) is 3. The second-order valence-electron chi connectivity index (χ2n) is 1.88. The first-order chi connectivity index (χ1) is 4.86. The third-order valence-corrected chi connectivity index (χ3v) is 1.42. The second kappa shape index (κ2) is 1.95. The minimum absolute atomic E-state index is 0.656. The van der Waals surface area contributed by atoms with Crippen LogP contribution < -0.4 is 0 Å². The van der Waals surface area contributed by atoms with Gasteiger partial charge in [-0.05, 0) is 12.1 Å². The summed E-state index contributed by atoms with van der Waals surface area (Å²) in [7, 11) is 0. The van der Waals surface area contributed by atoms with Gasteiger partial charge in [0.25, 0.3) is 0 Å². The Morgan fingerprint density at radius 1 is 1.50 bits per heavy atom. The Hall–Kier alpha value is -1.09.